The first kappa shape index (κ1) is 16.5. The fourth-order valence-corrected chi connectivity index (χ4v) is 3.97. The van der Waals surface area contributed by atoms with Crippen molar-refractivity contribution in [3.8, 4) is 0 Å². The molecule has 1 aromatic heterocycles. The van der Waals surface area contributed by atoms with Crippen LogP contribution in [0.3, 0.4) is 0 Å². The topological polar surface area (TPSA) is 88.6 Å². The SMILES string of the molecule is Cc1oc(CN)cc1S(=O)(=O)NCCC1CCN(C)CC1. The van der Waals surface area contributed by atoms with Gasteiger partial charge in [-0.1, -0.05) is 0 Å². The second kappa shape index (κ2) is 6.91. The van der Waals surface area contributed by atoms with Gasteiger partial charge in [-0.2, -0.15) is 0 Å². The van der Waals surface area contributed by atoms with Crippen molar-refractivity contribution in [2.75, 3.05) is 26.7 Å². The molecule has 0 unspecified atom stereocenters. The van der Waals surface area contributed by atoms with E-state index in [2.05, 4.69) is 16.7 Å². The minimum Gasteiger partial charge on any atom is -0.464 e. The third-order valence-electron chi connectivity index (χ3n) is 4.10. The van der Waals surface area contributed by atoms with Crippen LogP contribution in [0.25, 0.3) is 0 Å². The maximum Gasteiger partial charge on any atom is 0.244 e. The number of hydrogen-bond donors (Lipinski definition) is 2. The van der Waals surface area contributed by atoms with Gasteiger partial charge in [0.15, 0.2) is 0 Å². The van der Waals surface area contributed by atoms with E-state index in [1.54, 1.807) is 6.92 Å². The highest BCUT2D eigenvalue weighted by Crippen LogP contribution is 2.21. The second-order valence-electron chi connectivity index (χ2n) is 5.77. The third kappa shape index (κ3) is 4.29. The van der Waals surface area contributed by atoms with Crippen LogP contribution >= 0.6 is 0 Å². The Morgan fingerprint density at radius 1 is 1.43 bits per heavy atom. The summed E-state index contributed by atoms with van der Waals surface area (Å²) in [7, 11) is -1.38. The van der Waals surface area contributed by atoms with Crippen LogP contribution in [0.2, 0.25) is 0 Å². The normalized spacial score (nSPS) is 18.2. The Labute approximate surface area is 126 Å². The van der Waals surface area contributed by atoms with Crippen molar-refractivity contribution in [3.05, 3.63) is 17.6 Å². The molecule has 0 amide bonds. The summed E-state index contributed by atoms with van der Waals surface area (Å²) in [5.41, 5.74) is 5.47. The van der Waals surface area contributed by atoms with Crippen molar-refractivity contribution < 1.29 is 12.8 Å². The molecular weight excluding hydrogens is 290 g/mol. The first-order chi connectivity index (χ1) is 9.92. The highest BCUT2D eigenvalue weighted by Gasteiger charge is 2.22. The molecule has 21 heavy (non-hydrogen) atoms. The molecule has 3 N–H and O–H groups in total. The molecule has 2 rings (SSSR count). The number of sulfonamides is 1. The standard InChI is InChI=1S/C14H25N3O3S/c1-11-14(9-13(10-15)20-11)21(18,19)16-6-3-12-4-7-17(2)8-5-12/h9,12,16H,3-8,10,15H2,1-2H3. The fraction of sp³-hybridized carbons (Fsp3) is 0.714. The quantitative estimate of drug-likeness (QED) is 0.819. The molecule has 1 aromatic rings. The highest BCUT2D eigenvalue weighted by atomic mass is 32.2. The van der Waals surface area contributed by atoms with Gasteiger partial charge in [-0.25, -0.2) is 13.1 Å². The van der Waals surface area contributed by atoms with Crippen molar-refractivity contribution in [2.45, 2.75) is 37.6 Å². The number of nitrogens with two attached hydrogens (primary N) is 1. The molecule has 0 radical (unpaired) electrons. The van der Waals surface area contributed by atoms with Gasteiger partial charge >= 0.3 is 0 Å². The predicted molar refractivity (Wildman–Crippen MR) is 81.4 cm³/mol. The number of furan rings is 1. The van der Waals surface area contributed by atoms with Crippen LogP contribution in [0.5, 0.6) is 0 Å². The molecule has 0 aliphatic carbocycles. The van der Waals surface area contributed by atoms with Crippen LogP contribution in [0, 0.1) is 12.8 Å². The first-order valence-electron chi connectivity index (χ1n) is 7.40. The molecule has 1 aliphatic heterocycles. The van der Waals surface area contributed by atoms with Crippen LogP contribution in [0.1, 0.15) is 30.8 Å². The molecule has 0 atom stereocenters. The zero-order chi connectivity index (χ0) is 15.5. The molecule has 7 heteroatoms. The first-order valence-corrected chi connectivity index (χ1v) is 8.88. The van der Waals surface area contributed by atoms with Crippen molar-refractivity contribution in [1.29, 1.82) is 0 Å². The minimum atomic E-state index is -3.50. The Kier molecular flexibility index (Phi) is 5.43. The summed E-state index contributed by atoms with van der Waals surface area (Å²) < 4.78 is 32.5. The number of likely N-dealkylation sites (tertiary alicyclic amines) is 1. The Bertz CT molecular complexity index is 560. The van der Waals surface area contributed by atoms with E-state index in [0.717, 1.165) is 32.4 Å². The Hall–Kier alpha value is -0.890. The van der Waals surface area contributed by atoms with Crippen LogP contribution in [-0.4, -0.2) is 40.0 Å². The molecule has 2 heterocycles. The van der Waals surface area contributed by atoms with E-state index < -0.39 is 10.0 Å². The molecule has 0 bridgehead atoms. The van der Waals surface area contributed by atoms with Crippen molar-refractivity contribution in [2.24, 2.45) is 11.7 Å². The number of aryl methyl sites for hydroxylation is 1. The summed E-state index contributed by atoms with van der Waals surface area (Å²) in [4.78, 5) is 2.51. The van der Waals surface area contributed by atoms with E-state index in [0.29, 0.717) is 24.0 Å². The molecule has 0 aromatic carbocycles. The molecule has 1 aliphatic rings. The monoisotopic (exact) mass is 315 g/mol. The second-order valence-corrected chi connectivity index (χ2v) is 7.51. The lowest BCUT2D eigenvalue weighted by Gasteiger charge is -2.28. The van der Waals surface area contributed by atoms with Gasteiger partial charge in [0.25, 0.3) is 0 Å². The smallest absolute Gasteiger partial charge is 0.244 e. The maximum absolute atomic E-state index is 12.3. The average molecular weight is 315 g/mol. The van der Waals surface area contributed by atoms with E-state index in [1.165, 1.54) is 6.07 Å². The maximum atomic E-state index is 12.3. The van der Waals surface area contributed by atoms with Crippen molar-refractivity contribution in [1.82, 2.24) is 9.62 Å². The zero-order valence-corrected chi connectivity index (χ0v) is 13.6. The summed E-state index contributed by atoms with van der Waals surface area (Å²) in [5, 5.41) is 0. The van der Waals surface area contributed by atoms with Gasteiger partial charge in [-0.05, 0) is 52.2 Å². The minimum absolute atomic E-state index is 0.200. The highest BCUT2D eigenvalue weighted by molar-refractivity contribution is 7.89. The van der Waals surface area contributed by atoms with Crippen LogP contribution in [0.15, 0.2) is 15.4 Å². The molecular formula is C14H25N3O3S. The third-order valence-corrected chi connectivity index (χ3v) is 5.67. The largest absolute Gasteiger partial charge is 0.464 e. The summed E-state index contributed by atoms with van der Waals surface area (Å²) in [6.45, 7) is 4.51. The van der Waals surface area contributed by atoms with E-state index in [4.69, 9.17) is 10.2 Å². The Morgan fingerprint density at radius 3 is 2.67 bits per heavy atom. The Morgan fingerprint density at radius 2 is 2.10 bits per heavy atom. The summed E-state index contributed by atoms with van der Waals surface area (Å²) in [6, 6.07) is 1.51. The summed E-state index contributed by atoms with van der Waals surface area (Å²) in [5.74, 6) is 1.49. The van der Waals surface area contributed by atoms with Crippen LogP contribution < -0.4 is 10.5 Å². The lowest BCUT2D eigenvalue weighted by atomic mass is 9.94. The molecule has 6 nitrogen and oxygen atoms in total. The van der Waals surface area contributed by atoms with Gasteiger partial charge in [0.05, 0.1) is 6.54 Å². The number of nitrogens with zero attached hydrogens (tertiary/aromatic N) is 1. The van der Waals surface area contributed by atoms with E-state index in [1.807, 2.05) is 0 Å². The van der Waals surface area contributed by atoms with Crippen molar-refractivity contribution >= 4 is 10.0 Å². The zero-order valence-electron chi connectivity index (χ0n) is 12.8. The molecule has 1 fully saturated rings. The van der Waals surface area contributed by atoms with E-state index >= 15 is 0 Å². The van der Waals surface area contributed by atoms with Crippen molar-refractivity contribution in [3.63, 3.8) is 0 Å². The lowest BCUT2D eigenvalue weighted by Crippen LogP contribution is -2.32. The lowest BCUT2D eigenvalue weighted by molar-refractivity contribution is 0.213. The van der Waals surface area contributed by atoms with Gasteiger partial charge in [0.1, 0.15) is 16.4 Å². The fourth-order valence-electron chi connectivity index (χ4n) is 2.72. The summed E-state index contributed by atoms with van der Waals surface area (Å²) in [6.07, 6.45) is 3.16. The van der Waals surface area contributed by atoms with Gasteiger partial charge in [-0.3, -0.25) is 0 Å². The van der Waals surface area contributed by atoms with Gasteiger partial charge in [0, 0.05) is 12.6 Å². The number of piperidine rings is 1. The van der Waals surface area contributed by atoms with Gasteiger partial charge in [-0.15, -0.1) is 0 Å². The summed E-state index contributed by atoms with van der Waals surface area (Å²) >= 11 is 0. The molecule has 0 saturated carbocycles. The Balaban J connectivity index is 1.88. The predicted octanol–water partition coefficient (Wildman–Crippen LogP) is 1.06. The molecule has 120 valence electrons. The molecule has 0 spiro atoms. The van der Waals surface area contributed by atoms with E-state index in [9.17, 15) is 8.42 Å². The van der Waals surface area contributed by atoms with Gasteiger partial charge < -0.3 is 15.1 Å². The van der Waals surface area contributed by atoms with Gasteiger partial charge in [0.2, 0.25) is 10.0 Å². The number of rotatable bonds is 6. The van der Waals surface area contributed by atoms with Crippen LogP contribution in [0.4, 0.5) is 0 Å². The van der Waals surface area contributed by atoms with Crippen LogP contribution in [-0.2, 0) is 16.6 Å². The number of hydrogen-bond acceptors (Lipinski definition) is 5. The molecule has 1 saturated heterocycles. The number of nitrogens with one attached hydrogen (secondary N) is 1. The average Bonchev–Trinajstić information content (AvgIpc) is 2.83. The van der Waals surface area contributed by atoms with E-state index in [-0.39, 0.29) is 11.4 Å².